The van der Waals surface area contributed by atoms with Crippen molar-refractivity contribution in [1.29, 1.82) is 0 Å². The first-order valence-electron chi connectivity index (χ1n) is 22.4. The van der Waals surface area contributed by atoms with Gasteiger partial charge in [0.05, 0.1) is 11.0 Å². The first-order valence-corrected chi connectivity index (χ1v) is 23.9. The van der Waals surface area contributed by atoms with E-state index in [0.29, 0.717) is 29.3 Å². The second kappa shape index (κ2) is 18.0. The molecule has 0 aromatic heterocycles. The third kappa shape index (κ3) is 8.70. The van der Waals surface area contributed by atoms with Crippen molar-refractivity contribution in [3.8, 4) is 0 Å². The van der Waals surface area contributed by atoms with E-state index in [1.54, 1.807) is 30.3 Å². The summed E-state index contributed by atoms with van der Waals surface area (Å²) in [5.41, 5.74) is 7.82. The van der Waals surface area contributed by atoms with Crippen LogP contribution in [0.2, 0.25) is 0 Å². The van der Waals surface area contributed by atoms with Gasteiger partial charge in [0.1, 0.15) is 17.2 Å². The molecule has 9 nitrogen and oxygen atoms in total. The van der Waals surface area contributed by atoms with Gasteiger partial charge in [-0.15, -0.1) is 0 Å². The largest absolute Gasteiger partial charge is 0.478 e. The average molecular weight is 862 g/mol. The molecule has 0 saturated heterocycles. The highest BCUT2D eigenvalue weighted by atomic mass is 32.2. The van der Waals surface area contributed by atoms with Crippen LogP contribution in [0, 0.1) is 12.8 Å². The molecule has 1 unspecified atom stereocenters. The molecule has 6 rings (SSSR count). The van der Waals surface area contributed by atoms with Crippen LogP contribution in [0.25, 0.3) is 21.5 Å². The summed E-state index contributed by atoms with van der Waals surface area (Å²) in [5, 5.41) is 12.8. The van der Waals surface area contributed by atoms with Crippen LogP contribution in [0.5, 0.6) is 0 Å². The highest BCUT2D eigenvalue weighted by Gasteiger charge is 2.48. The number of anilines is 1. The van der Waals surface area contributed by atoms with Gasteiger partial charge in [-0.2, -0.15) is 13.0 Å². The molecular weight excluding hydrogens is 797 g/mol. The van der Waals surface area contributed by atoms with Crippen molar-refractivity contribution in [2.45, 2.75) is 143 Å². The number of benzene rings is 4. The van der Waals surface area contributed by atoms with Gasteiger partial charge >= 0.3 is 5.97 Å². The molecule has 1 atom stereocenters. The minimum absolute atomic E-state index is 0.00477. The van der Waals surface area contributed by atoms with E-state index in [9.17, 15) is 32.5 Å². The van der Waals surface area contributed by atoms with E-state index in [2.05, 4.69) is 69.2 Å². The second-order valence-corrected chi connectivity index (χ2v) is 20.1. The zero-order chi connectivity index (χ0) is 45.5. The molecule has 0 amide bonds. The van der Waals surface area contributed by atoms with Crippen LogP contribution in [-0.2, 0) is 25.7 Å². The fourth-order valence-corrected chi connectivity index (χ4v) is 10.6. The highest BCUT2D eigenvalue weighted by molar-refractivity contribution is 7.86. The summed E-state index contributed by atoms with van der Waals surface area (Å²) in [5.74, 6) is -0.897. The van der Waals surface area contributed by atoms with Crippen molar-refractivity contribution in [2.75, 3.05) is 18.0 Å². The normalized spacial score (nSPS) is 18.1. The number of aromatic carboxylic acids is 1. The number of carboxylic acids is 1. The van der Waals surface area contributed by atoms with Gasteiger partial charge < -0.3 is 10.0 Å². The lowest BCUT2D eigenvalue weighted by atomic mass is 9.74. The number of carbonyl (C=O) groups is 3. The number of fused-ring (bicyclic) bond motifs is 6. The number of aryl methyl sites for hydroxylation is 1. The van der Waals surface area contributed by atoms with Crippen LogP contribution < -0.4 is 4.90 Å². The summed E-state index contributed by atoms with van der Waals surface area (Å²) in [6, 6.07) is 14.4. The van der Waals surface area contributed by atoms with E-state index in [0.717, 1.165) is 108 Å². The molecule has 2 aliphatic heterocycles. The molecule has 4 aromatic rings. The molecule has 2 heterocycles. The summed E-state index contributed by atoms with van der Waals surface area (Å²) >= 11 is 0. The lowest BCUT2D eigenvalue weighted by molar-refractivity contribution is -0.438. The molecule has 2 N–H and O–H groups in total. The highest BCUT2D eigenvalue weighted by Crippen LogP contribution is 2.55. The molecule has 2 aliphatic rings. The van der Waals surface area contributed by atoms with Crippen molar-refractivity contribution in [2.24, 2.45) is 5.92 Å². The Morgan fingerprint density at radius 3 is 2.08 bits per heavy atom. The molecule has 0 spiro atoms. The Labute approximate surface area is 368 Å². The van der Waals surface area contributed by atoms with Crippen molar-refractivity contribution in [3.05, 3.63) is 99.8 Å². The first kappa shape index (κ1) is 46.6. The van der Waals surface area contributed by atoms with Gasteiger partial charge in [0, 0.05) is 70.8 Å². The average Bonchev–Trinajstić information content (AvgIpc) is 3.56. The summed E-state index contributed by atoms with van der Waals surface area (Å²) in [7, 11) is -4.69. The maximum atomic E-state index is 13.2. The van der Waals surface area contributed by atoms with Gasteiger partial charge in [0.25, 0.3) is 10.1 Å². The molecule has 330 valence electrons. The predicted molar refractivity (Wildman–Crippen MR) is 252 cm³/mol. The van der Waals surface area contributed by atoms with Crippen LogP contribution in [0.15, 0.2) is 76.8 Å². The Hall–Kier alpha value is -4.93. The number of carboxylic acid groups (broad SMARTS) is 1. The number of hydrogen-bond donors (Lipinski definition) is 2. The van der Waals surface area contributed by atoms with E-state index in [1.165, 1.54) is 12.5 Å². The van der Waals surface area contributed by atoms with Gasteiger partial charge in [-0.05, 0) is 124 Å². The first-order chi connectivity index (χ1) is 29.2. The van der Waals surface area contributed by atoms with Crippen LogP contribution in [0.4, 0.5) is 11.4 Å². The van der Waals surface area contributed by atoms with Crippen molar-refractivity contribution in [1.82, 2.24) is 0 Å². The van der Waals surface area contributed by atoms with E-state index in [1.807, 2.05) is 32.9 Å². The Morgan fingerprint density at radius 1 is 0.823 bits per heavy atom. The number of Topliss-reactive ketones (excluding diaryl/α,β-unsaturated/α-hetero) is 2. The summed E-state index contributed by atoms with van der Waals surface area (Å²) in [6.45, 7) is 22.0. The maximum absolute atomic E-state index is 13.2. The molecule has 62 heavy (non-hydrogen) atoms. The molecule has 0 bridgehead atoms. The van der Waals surface area contributed by atoms with Gasteiger partial charge in [-0.3, -0.25) is 14.1 Å². The minimum Gasteiger partial charge on any atom is -0.478 e. The SMILES string of the molecule is CCCCN1C(=CC(C)=CC2=[N+](CCCC)c3cc(C)c4cc(C(=O)O)ccc4c3C2(C)C)C(C)(CCCCCC(=O)C(C)C)c2c1cc(S(=O)(=O)O)c1cc(C(C)=O)ccc21. The molecule has 0 saturated carbocycles. The van der Waals surface area contributed by atoms with Crippen LogP contribution >= 0.6 is 0 Å². The zero-order valence-electron chi connectivity index (χ0n) is 38.4. The topological polar surface area (TPSA) is 132 Å². The lowest BCUT2D eigenvalue weighted by Gasteiger charge is -2.31. The van der Waals surface area contributed by atoms with Crippen molar-refractivity contribution < 1.29 is 37.0 Å². The molecule has 0 fully saturated rings. The Balaban J connectivity index is 1.57. The van der Waals surface area contributed by atoms with E-state index in [-0.39, 0.29) is 27.9 Å². The van der Waals surface area contributed by atoms with Crippen molar-refractivity contribution >= 4 is 66.3 Å². The Kier molecular flexibility index (Phi) is 13.6. The van der Waals surface area contributed by atoms with E-state index < -0.39 is 26.9 Å². The Bertz CT molecular complexity index is 2680. The standard InChI is InChI=1S/C52H64N2O7S/c1-11-13-24-53-42-28-34(6)40-30-37(50(57)58)20-22-38(40)48(42)51(8,9)46(53)26-33(5)27-47-52(10,23-17-15-16-18-44(56)32(3)4)49-39-21-19-36(35(7)55)29-41(39)45(62(59,60)61)31-43(49)54(47)25-14-12-2/h19-22,26-32H,11-18,23-25H2,1-10H3,(H-,57,58,59,60,61)/p+1. The van der Waals surface area contributed by atoms with E-state index >= 15 is 0 Å². The molecular formula is C52H65N2O7S+. The minimum atomic E-state index is -4.69. The number of nitrogens with zero attached hydrogens (tertiary/aromatic N) is 2. The second-order valence-electron chi connectivity index (χ2n) is 18.7. The lowest BCUT2D eigenvalue weighted by Crippen LogP contribution is -2.30. The fourth-order valence-electron chi connectivity index (χ4n) is 9.92. The number of rotatable bonds is 18. The van der Waals surface area contributed by atoms with Crippen LogP contribution in [0.1, 0.15) is 158 Å². The van der Waals surface area contributed by atoms with Gasteiger partial charge in [0.15, 0.2) is 11.5 Å². The van der Waals surface area contributed by atoms with Gasteiger partial charge in [0.2, 0.25) is 5.69 Å². The fraction of sp³-hybridized carbons (Fsp3) is 0.462. The number of ketones is 2. The molecule has 4 aromatic carbocycles. The Morgan fingerprint density at radius 2 is 1.47 bits per heavy atom. The van der Waals surface area contributed by atoms with E-state index in [4.69, 9.17) is 0 Å². The molecule has 0 aliphatic carbocycles. The van der Waals surface area contributed by atoms with Gasteiger partial charge in [-0.25, -0.2) is 4.79 Å². The smallest absolute Gasteiger partial charge is 0.335 e. The van der Waals surface area contributed by atoms with Crippen LogP contribution in [-0.4, -0.2) is 59.0 Å². The number of carbonyl (C=O) groups excluding carboxylic acids is 2. The molecule has 0 radical (unpaired) electrons. The molecule has 10 heteroatoms. The van der Waals surface area contributed by atoms with Crippen LogP contribution in [0.3, 0.4) is 0 Å². The number of hydrogen-bond acceptors (Lipinski definition) is 6. The third-order valence-corrected chi connectivity index (χ3v) is 14.2. The maximum Gasteiger partial charge on any atom is 0.335 e. The summed E-state index contributed by atoms with van der Waals surface area (Å²) in [4.78, 5) is 39.2. The predicted octanol–water partition coefficient (Wildman–Crippen LogP) is 12.2. The number of allylic oxidation sites excluding steroid dienone is 4. The summed E-state index contributed by atoms with van der Waals surface area (Å²) < 4.78 is 39.5. The van der Waals surface area contributed by atoms with Crippen molar-refractivity contribution in [3.63, 3.8) is 0 Å². The third-order valence-electron chi connectivity index (χ3n) is 13.3. The zero-order valence-corrected chi connectivity index (χ0v) is 39.2. The van der Waals surface area contributed by atoms with Gasteiger partial charge in [-0.1, -0.05) is 71.6 Å². The monoisotopic (exact) mass is 861 g/mol. The quantitative estimate of drug-likeness (QED) is 0.0437. The number of unbranched alkanes of at least 4 members (excludes halogenated alkanes) is 4. The summed E-state index contributed by atoms with van der Waals surface area (Å²) in [6.07, 6.45) is 12.0.